The van der Waals surface area contributed by atoms with Crippen LogP contribution in [-0.4, -0.2) is 40.5 Å². The van der Waals surface area contributed by atoms with Crippen LogP contribution in [0, 0.1) is 5.92 Å². The number of rotatable bonds is 5. The van der Waals surface area contributed by atoms with Gasteiger partial charge in [-0.1, -0.05) is 18.9 Å². The maximum atomic E-state index is 12.3. The van der Waals surface area contributed by atoms with Gasteiger partial charge in [-0.15, -0.1) is 0 Å². The Labute approximate surface area is 124 Å². The number of carbonyl (C=O) groups is 2. The Kier molecular flexibility index (Phi) is 5.09. The molecule has 5 nitrogen and oxygen atoms in total. The lowest BCUT2D eigenvalue weighted by Crippen LogP contribution is -2.31. The molecule has 1 aromatic heterocycles. The smallest absolute Gasteiger partial charge is 0.328 e. The third-order valence-corrected chi connectivity index (χ3v) is 3.78. The van der Waals surface area contributed by atoms with Crippen molar-refractivity contribution in [1.82, 2.24) is 9.88 Å². The Morgan fingerprint density at radius 2 is 2.10 bits per heavy atom. The summed E-state index contributed by atoms with van der Waals surface area (Å²) in [6.45, 7) is 0.779. The highest BCUT2D eigenvalue weighted by Gasteiger charge is 2.20. The van der Waals surface area contributed by atoms with Crippen molar-refractivity contribution in [1.29, 1.82) is 0 Å². The summed E-state index contributed by atoms with van der Waals surface area (Å²) >= 11 is 0. The molecule has 1 amide bonds. The fourth-order valence-electron chi connectivity index (χ4n) is 2.66. The summed E-state index contributed by atoms with van der Waals surface area (Å²) < 4.78 is 0. The van der Waals surface area contributed by atoms with Crippen LogP contribution in [0.3, 0.4) is 0 Å². The van der Waals surface area contributed by atoms with E-state index in [1.165, 1.54) is 38.0 Å². The van der Waals surface area contributed by atoms with Gasteiger partial charge in [0.1, 0.15) is 5.69 Å². The molecule has 1 aliphatic carbocycles. The molecule has 1 fully saturated rings. The largest absolute Gasteiger partial charge is 0.478 e. The van der Waals surface area contributed by atoms with E-state index in [1.54, 1.807) is 24.1 Å². The number of hydrogen-bond acceptors (Lipinski definition) is 3. The fraction of sp³-hybridized carbons (Fsp3) is 0.438. The van der Waals surface area contributed by atoms with Gasteiger partial charge in [-0.2, -0.15) is 0 Å². The molecule has 0 radical (unpaired) electrons. The first-order valence-electron chi connectivity index (χ1n) is 7.19. The summed E-state index contributed by atoms with van der Waals surface area (Å²) in [6, 6.07) is 3.33. The van der Waals surface area contributed by atoms with Gasteiger partial charge in [0.15, 0.2) is 0 Å². The summed E-state index contributed by atoms with van der Waals surface area (Å²) in [5.74, 6) is -0.487. The molecule has 2 rings (SSSR count). The second-order valence-electron chi connectivity index (χ2n) is 5.48. The van der Waals surface area contributed by atoms with Gasteiger partial charge >= 0.3 is 5.97 Å². The molecular weight excluding hydrogens is 268 g/mol. The highest BCUT2D eigenvalue weighted by molar-refractivity contribution is 5.92. The van der Waals surface area contributed by atoms with Crippen LogP contribution in [0.1, 0.15) is 41.7 Å². The van der Waals surface area contributed by atoms with Crippen molar-refractivity contribution in [2.75, 3.05) is 13.6 Å². The van der Waals surface area contributed by atoms with E-state index >= 15 is 0 Å². The Morgan fingerprint density at radius 3 is 2.67 bits per heavy atom. The number of carbonyl (C=O) groups excluding carboxylic acids is 1. The zero-order valence-electron chi connectivity index (χ0n) is 12.2. The molecule has 21 heavy (non-hydrogen) atoms. The Morgan fingerprint density at radius 1 is 1.38 bits per heavy atom. The number of aliphatic carboxylic acids is 1. The average Bonchev–Trinajstić information content (AvgIpc) is 2.97. The van der Waals surface area contributed by atoms with Crippen LogP contribution >= 0.6 is 0 Å². The molecule has 5 heteroatoms. The first-order valence-corrected chi connectivity index (χ1v) is 7.19. The number of nitrogens with zero attached hydrogens (tertiary/aromatic N) is 2. The van der Waals surface area contributed by atoms with E-state index < -0.39 is 5.97 Å². The van der Waals surface area contributed by atoms with Crippen LogP contribution in [0.2, 0.25) is 0 Å². The minimum Gasteiger partial charge on any atom is -0.478 e. The first kappa shape index (κ1) is 15.2. The van der Waals surface area contributed by atoms with Gasteiger partial charge < -0.3 is 10.0 Å². The van der Waals surface area contributed by atoms with Crippen molar-refractivity contribution in [2.45, 2.75) is 25.7 Å². The fourth-order valence-corrected chi connectivity index (χ4v) is 2.66. The summed E-state index contributed by atoms with van der Waals surface area (Å²) in [5.41, 5.74) is 1.05. The minimum absolute atomic E-state index is 0.0873. The summed E-state index contributed by atoms with van der Waals surface area (Å²) in [5, 5.41) is 8.56. The van der Waals surface area contributed by atoms with Crippen molar-refractivity contribution >= 4 is 18.0 Å². The van der Waals surface area contributed by atoms with E-state index in [-0.39, 0.29) is 5.91 Å². The highest BCUT2D eigenvalue weighted by atomic mass is 16.4. The van der Waals surface area contributed by atoms with Crippen LogP contribution in [0.5, 0.6) is 0 Å². The quantitative estimate of drug-likeness (QED) is 0.845. The second kappa shape index (κ2) is 7.02. The molecule has 0 atom stereocenters. The summed E-state index contributed by atoms with van der Waals surface area (Å²) in [6.07, 6.45) is 8.92. The Bertz CT molecular complexity index is 531. The molecule has 0 unspecified atom stereocenters. The molecule has 1 heterocycles. The maximum Gasteiger partial charge on any atom is 0.328 e. The maximum absolute atomic E-state index is 12.3. The van der Waals surface area contributed by atoms with E-state index in [0.717, 1.165) is 12.6 Å². The molecule has 1 saturated carbocycles. The predicted octanol–water partition coefficient (Wildman–Crippen LogP) is 2.44. The van der Waals surface area contributed by atoms with Gasteiger partial charge in [-0.3, -0.25) is 9.78 Å². The Balaban J connectivity index is 1.96. The zero-order valence-corrected chi connectivity index (χ0v) is 12.2. The zero-order chi connectivity index (χ0) is 15.2. The van der Waals surface area contributed by atoms with Gasteiger partial charge in [0.2, 0.25) is 0 Å². The molecule has 0 saturated heterocycles. The molecule has 1 aromatic rings. The lowest BCUT2D eigenvalue weighted by Gasteiger charge is -2.20. The van der Waals surface area contributed by atoms with Crippen molar-refractivity contribution < 1.29 is 14.7 Å². The van der Waals surface area contributed by atoms with Gasteiger partial charge in [-0.25, -0.2) is 4.79 Å². The van der Waals surface area contributed by atoms with Crippen LogP contribution in [0.4, 0.5) is 0 Å². The molecule has 1 aliphatic rings. The summed E-state index contributed by atoms with van der Waals surface area (Å²) in [7, 11) is 1.81. The molecule has 0 aliphatic heterocycles. The van der Waals surface area contributed by atoms with Crippen LogP contribution in [0.15, 0.2) is 24.4 Å². The lowest BCUT2D eigenvalue weighted by atomic mass is 10.1. The van der Waals surface area contributed by atoms with E-state index in [0.29, 0.717) is 17.2 Å². The molecule has 0 bridgehead atoms. The first-order chi connectivity index (χ1) is 10.1. The molecule has 1 N–H and O–H groups in total. The average molecular weight is 288 g/mol. The van der Waals surface area contributed by atoms with Gasteiger partial charge in [0.25, 0.3) is 5.91 Å². The van der Waals surface area contributed by atoms with Crippen LogP contribution in [-0.2, 0) is 4.79 Å². The third-order valence-electron chi connectivity index (χ3n) is 3.78. The molecular formula is C16H20N2O3. The monoisotopic (exact) mass is 288 g/mol. The summed E-state index contributed by atoms with van der Waals surface area (Å²) in [4.78, 5) is 28.5. The van der Waals surface area contributed by atoms with Crippen LogP contribution < -0.4 is 0 Å². The Hall–Kier alpha value is -2.17. The molecule has 112 valence electrons. The normalized spacial score (nSPS) is 15.5. The van der Waals surface area contributed by atoms with E-state index in [2.05, 4.69) is 4.98 Å². The number of hydrogen-bond donors (Lipinski definition) is 1. The van der Waals surface area contributed by atoms with Crippen molar-refractivity contribution in [3.05, 3.63) is 35.7 Å². The minimum atomic E-state index is -1.01. The highest BCUT2D eigenvalue weighted by Crippen LogP contribution is 2.25. The third kappa shape index (κ3) is 4.41. The van der Waals surface area contributed by atoms with Gasteiger partial charge in [0, 0.05) is 25.9 Å². The van der Waals surface area contributed by atoms with Crippen LogP contribution in [0.25, 0.3) is 6.08 Å². The topological polar surface area (TPSA) is 70.5 Å². The SMILES string of the molecule is CN(CC1CCCC1)C(=O)c1ccc(C=CC(=O)O)cn1. The van der Waals surface area contributed by atoms with Crippen molar-refractivity contribution in [3.8, 4) is 0 Å². The number of pyridine rings is 1. The molecule has 0 spiro atoms. The predicted molar refractivity (Wildman–Crippen MR) is 79.8 cm³/mol. The van der Waals surface area contributed by atoms with E-state index in [4.69, 9.17) is 5.11 Å². The van der Waals surface area contributed by atoms with Gasteiger partial charge in [0.05, 0.1) is 0 Å². The van der Waals surface area contributed by atoms with E-state index in [9.17, 15) is 9.59 Å². The molecule has 0 aromatic carbocycles. The number of aromatic nitrogens is 1. The number of carboxylic acid groups (broad SMARTS) is 1. The van der Waals surface area contributed by atoms with Gasteiger partial charge in [-0.05, 0) is 36.5 Å². The van der Waals surface area contributed by atoms with Crippen molar-refractivity contribution in [2.24, 2.45) is 5.92 Å². The standard InChI is InChI=1S/C16H20N2O3/c1-18(11-13-4-2-3-5-13)16(21)14-8-6-12(10-17-14)7-9-15(19)20/h6-10,13H,2-5,11H2,1H3,(H,19,20). The van der Waals surface area contributed by atoms with E-state index in [1.807, 2.05) is 0 Å². The second-order valence-corrected chi connectivity index (χ2v) is 5.48. The number of amides is 1. The van der Waals surface area contributed by atoms with Crippen molar-refractivity contribution in [3.63, 3.8) is 0 Å². The lowest BCUT2D eigenvalue weighted by molar-refractivity contribution is -0.131. The number of carboxylic acids is 1.